The molecule has 0 saturated carbocycles. The first kappa shape index (κ1) is 18.5. The van der Waals surface area contributed by atoms with Crippen molar-refractivity contribution in [2.24, 2.45) is 0 Å². The molecule has 3 aromatic rings. The molecule has 0 aliphatic heterocycles. The van der Waals surface area contributed by atoms with E-state index in [1.807, 2.05) is 0 Å². The van der Waals surface area contributed by atoms with Crippen LogP contribution in [-0.4, -0.2) is 4.98 Å². The second kappa shape index (κ2) is 6.97. The number of benzene rings is 2. The SMILES string of the molecule is [Cl-].[Cl-].[Zr+3].[c-]1c2[nH]c3ccc(C4C=Cc5ccccc54)c(c13)CC2. The Kier molecular flexibility index (Phi) is 5.61. The number of aromatic nitrogens is 1. The van der Waals surface area contributed by atoms with E-state index in [1.54, 1.807) is 0 Å². The van der Waals surface area contributed by atoms with Crippen LogP contribution in [0.2, 0.25) is 0 Å². The van der Waals surface area contributed by atoms with Crippen LogP contribution in [0.5, 0.6) is 0 Å². The number of aromatic amines is 1. The molecule has 2 aliphatic carbocycles. The molecule has 5 rings (SSSR count). The summed E-state index contributed by atoms with van der Waals surface area (Å²) in [6.45, 7) is 0. The van der Waals surface area contributed by atoms with Crippen molar-refractivity contribution in [1.82, 2.24) is 4.98 Å². The third-order valence-corrected chi connectivity index (χ3v) is 4.67. The first-order valence-corrected chi connectivity index (χ1v) is 7.23. The summed E-state index contributed by atoms with van der Waals surface area (Å²) in [5.41, 5.74) is 8.24. The molecular weight excluding hydrogens is 404 g/mol. The van der Waals surface area contributed by atoms with Gasteiger partial charge in [-0.25, -0.2) is 0 Å². The molecular formula is C19H14Cl2NZr. The van der Waals surface area contributed by atoms with E-state index in [4.69, 9.17) is 0 Å². The van der Waals surface area contributed by atoms with Crippen LogP contribution in [0.15, 0.2) is 42.5 Å². The van der Waals surface area contributed by atoms with Crippen molar-refractivity contribution in [1.29, 1.82) is 0 Å². The molecule has 0 amide bonds. The minimum absolute atomic E-state index is 0. The third kappa shape index (κ3) is 2.76. The molecule has 0 fully saturated rings. The molecule has 0 spiro atoms. The van der Waals surface area contributed by atoms with Gasteiger partial charge in [-0.1, -0.05) is 71.7 Å². The van der Waals surface area contributed by atoms with Gasteiger partial charge in [0.1, 0.15) is 0 Å². The van der Waals surface area contributed by atoms with Crippen LogP contribution in [0.1, 0.15) is 33.9 Å². The number of aryl methyl sites for hydroxylation is 2. The molecule has 2 bridgehead atoms. The number of hydrogen-bond donors (Lipinski definition) is 1. The fourth-order valence-electron chi connectivity index (χ4n) is 3.71. The minimum Gasteiger partial charge on any atom is -1.00 e. The van der Waals surface area contributed by atoms with Gasteiger partial charge in [-0.05, 0) is 17.5 Å². The molecule has 1 unspecified atom stereocenters. The van der Waals surface area contributed by atoms with Crippen molar-refractivity contribution in [3.8, 4) is 0 Å². The van der Waals surface area contributed by atoms with Crippen LogP contribution in [0.3, 0.4) is 0 Å². The van der Waals surface area contributed by atoms with Gasteiger partial charge in [0.05, 0.1) is 0 Å². The molecule has 1 aromatic heterocycles. The molecule has 2 aliphatic rings. The van der Waals surface area contributed by atoms with Gasteiger partial charge in [0, 0.05) is 5.92 Å². The molecule has 2 aromatic carbocycles. The standard InChI is InChI=1S/C19H14N.2ClH.Zr/c1-2-4-14-12(3-1)5-7-15(14)16-9-10-19-18-11-13(20-19)6-8-17(16)18;;;/h1-5,7,9-10,15,20H,6,8H2;2*1H;/q-1;;;+3/p-2. The van der Waals surface area contributed by atoms with Gasteiger partial charge in [0.15, 0.2) is 0 Å². The zero-order valence-electron chi connectivity index (χ0n) is 12.4. The van der Waals surface area contributed by atoms with Crippen LogP contribution in [0.4, 0.5) is 0 Å². The second-order valence-corrected chi connectivity index (χ2v) is 5.75. The van der Waals surface area contributed by atoms with Gasteiger partial charge in [-0.15, -0.1) is 5.56 Å². The Morgan fingerprint density at radius 3 is 2.65 bits per heavy atom. The molecule has 23 heavy (non-hydrogen) atoms. The fourth-order valence-corrected chi connectivity index (χ4v) is 3.71. The predicted octanol–water partition coefficient (Wildman–Crippen LogP) is -1.77. The van der Waals surface area contributed by atoms with Crippen molar-refractivity contribution in [2.45, 2.75) is 18.8 Å². The number of fused-ring (bicyclic) bond motifs is 2. The number of halogens is 2. The van der Waals surface area contributed by atoms with E-state index < -0.39 is 0 Å². The van der Waals surface area contributed by atoms with Gasteiger partial charge in [0.2, 0.25) is 0 Å². The van der Waals surface area contributed by atoms with Crippen LogP contribution in [-0.2, 0) is 39.0 Å². The number of allylic oxidation sites excluding steroid dienone is 1. The third-order valence-electron chi connectivity index (χ3n) is 4.67. The Bertz CT molecular complexity index is 882. The first-order chi connectivity index (χ1) is 9.90. The van der Waals surface area contributed by atoms with Crippen LogP contribution < -0.4 is 24.8 Å². The van der Waals surface area contributed by atoms with Gasteiger partial charge in [-0.3, -0.25) is 0 Å². The minimum atomic E-state index is 0. The van der Waals surface area contributed by atoms with Gasteiger partial charge in [-0.2, -0.15) is 11.5 Å². The molecule has 1 heterocycles. The van der Waals surface area contributed by atoms with Crippen molar-refractivity contribution < 1.29 is 51.0 Å². The van der Waals surface area contributed by atoms with E-state index in [0.29, 0.717) is 5.92 Å². The molecule has 4 heteroatoms. The summed E-state index contributed by atoms with van der Waals surface area (Å²) in [6.07, 6.45) is 6.82. The summed E-state index contributed by atoms with van der Waals surface area (Å²) < 4.78 is 0. The summed E-state index contributed by atoms with van der Waals surface area (Å²) in [4.78, 5) is 3.46. The van der Waals surface area contributed by atoms with Gasteiger partial charge >= 0.3 is 26.2 Å². The molecule has 113 valence electrons. The summed E-state index contributed by atoms with van der Waals surface area (Å²) in [5, 5.41) is 1.31. The Hall–Kier alpha value is -0.817. The summed E-state index contributed by atoms with van der Waals surface area (Å²) >= 11 is 0. The van der Waals surface area contributed by atoms with E-state index >= 15 is 0 Å². The van der Waals surface area contributed by atoms with Crippen LogP contribution in [0.25, 0.3) is 17.0 Å². The molecule has 1 nitrogen and oxygen atoms in total. The molecule has 1 N–H and O–H groups in total. The Morgan fingerprint density at radius 1 is 0.957 bits per heavy atom. The quantitative estimate of drug-likeness (QED) is 0.451. The summed E-state index contributed by atoms with van der Waals surface area (Å²) in [7, 11) is 0. The average molecular weight is 418 g/mol. The van der Waals surface area contributed by atoms with Crippen LogP contribution in [0, 0.1) is 6.07 Å². The predicted molar refractivity (Wildman–Crippen MR) is 81.9 cm³/mol. The van der Waals surface area contributed by atoms with E-state index in [2.05, 4.69) is 59.6 Å². The number of hydrogen-bond acceptors (Lipinski definition) is 0. The maximum absolute atomic E-state index is 3.52. The smallest absolute Gasteiger partial charge is 1.00 e. The zero-order valence-corrected chi connectivity index (χ0v) is 16.3. The van der Waals surface area contributed by atoms with Gasteiger partial charge < -0.3 is 29.8 Å². The largest absolute Gasteiger partial charge is 3.00 e. The fraction of sp³-hybridized carbons (Fsp3) is 0.158. The topological polar surface area (TPSA) is 15.8 Å². The van der Waals surface area contributed by atoms with Gasteiger partial charge in [0.25, 0.3) is 0 Å². The average Bonchev–Trinajstić information content (AvgIpc) is 3.07. The number of H-pyrrole nitrogens is 1. The molecule has 0 saturated heterocycles. The van der Waals surface area contributed by atoms with E-state index in [0.717, 1.165) is 12.8 Å². The van der Waals surface area contributed by atoms with E-state index in [9.17, 15) is 0 Å². The van der Waals surface area contributed by atoms with E-state index in [1.165, 1.54) is 38.9 Å². The maximum atomic E-state index is 3.52. The monoisotopic (exact) mass is 416 g/mol. The normalized spacial score (nSPS) is 16.4. The Morgan fingerprint density at radius 2 is 1.78 bits per heavy atom. The number of rotatable bonds is 1. The summed E-state index contributed by atoms with van der Waals surface area (Å²) in [5.74, 6) is 0.412. The zero-order chi connectivity index (χ0) is 13.1. The Labute approximate surface area is 167 Å². The van der Waals surface area contributed by atoms with E-state index in [-0.39, 0.29) is 51.0 Å². The van der Waals surface area contributed by atoms with Crippen molar-refractivity contribution in [3.63, 3.8) is 0 Å². The van der Waals surface area contributed by atoms with Crippen LogP contribution >= 0.6 is 0 Å². The van der Waals surface area contributed by atoms with Crippen molar-refractivity contribution >= 4 is 17.0 Å². The number of nitrogens with one attached hydrogen (secondary N) is 1. The maximum Gasteiger partial charge on any atom is 3.00 e. The summed E-state index contributed by atoms with van der Waals surface area (Å²) in [6, 6.07) is 16.8. The van der Waals surface area contributed by atoms with Crippen molar-refractivity contribution in [3.05, 3.63) is 76.5 Å². The molecule has 1 atom stereocenters. The second-order valence-electron chi connectivity index (χ2n) is 5.75. The molecule has 1 radical (unpaired) electrons. The first-order valence-electron chi connectivity index (χ1n) is 7.23. The van der Waals surface area contributed by atoms with Crippen molar-refractivity contribution in [2.75, 3.05) is 0 Å². The Balaban J connectivity index is 0.000000640.